The lowest BCUT2D eigenvalue weighted by Gasteiger charge is -2.11. The van der Waals surface area contributed by atoms with Gasteiger partial charge in [0, 0.05) is 0 Å². The summed E-state index contributed by atoms with van der Waals surface area (Å²) >= 11 is 0. The number of carbonyl (C=O) groups is 3. The molecule has 2 aromatic carbocycles. The molecule has 1 aliphatic rings. The van der Waals surface area contributed by atoms with Crippen LogP contribution in [0.1, 0.15) is 27.4 Å². The van der Waals surface area contributed by atoms with Crippen molar-refractivity contribution in [1.82, 2.24) is 10.2 Å². The predicted molar refractivity (Wildman–Crippen MR) is 116 cm³/mol. The van der Waals surface area contributed by atoms with Crippen molar-refractivity contribution in [3.63, 3.8) is 0 Å². The largest absolute Gasteiger partial charge is 0.493 e. The Morgan fingerprint density at radius 3 is 2.58 bits per heavy atom. The molecular weight excluding hydrogens is 428 g/mol. The lowest BCUT2D eigenvalue weighted by Crippen LogP contribution is -2.30. The molecule has 1 saturated heterocycles. The van der Waals surface area contributed by atoms with Crippen LogP contribution in [-0.4, -0.2) is 35.0 Å². The van der Waals surface area contributed by atoms with Crippen LogP contribution in [0.4, 0.5) is 4.79 Å². The van der Waals surface area contributed by atoms with Gasteiger partial charge in [0.1, 0.15) is 18.1 Å². The maximum absolute atomic E-state index is 12.7. The van der Waals surface area contributed by atoms with E-state index in [2.05, 4.69) is 5.32 Å². The number of aromatic carboxylic acids is 1. The summed E-state index contributed by atoms with van der Waals surface area (Å²) < 4.78 is 16.2. The molecule has 0 bridgehead atoms. The molecule has 168 valence electrons. The molecule has 3 amide bonds. The molecule has 1 aliphatic heterocycles. The number of imide groups is 1. The third kappa shape index (κ3) is 4.87. The van der Waals surface area contributed by atoms with Crippen molar-refractivity contribution in [2.75, 3.05) is 7.11 Å². The first-order chi connectivity index (χ1) is 15.9. The first-order valence-corrected chi connectivity index (χ1v) is 9.96. The normalized spacial score (nSPS) is 14.5. The van der Waals surface area contributed by atoms with Gasteiger partial charge in [0.25, 0.3) is 5.91 Å². The summed E-state index contributed by atoms with van der Waals surface area (Å²) in [6.07, 6.45) is 1.56. The highest BCUT2D eigenvalue weighted by Gasteiger charge is 2.33. The Hall–Kier alpha value is -4.53. The summed E-state index contributed by atoms with van der Waals surface area (Å²) in [5.41, 5.74) is 1.62. The maximum Gasteiger partial charge on any atom is 0.371 e. The molecule has 9 heteroatoms. The number of carbonyl (C=O) groups excluding carboxylic acids is 2. The van der Waals surface area contributed by atoms with Crippen molar-refractivity contribution in [2.45, 2.75) is 13.2 Å². The number of nitrogens with one attached hydrogen (secondary N) is 1. The molecule has 1 fully saturated rings. The third-order valence-electron chi connectivity index (χ3n) is 4.89. The van der Waals surface area contributed by atoms with E-state index in [1.165, 1.54) is 19.2 Å². The molecule has 0 aliphatic carbocycles. The summed E-state index contributed by atoms with van der Waals surface area (Å²) in [5.74, 6) is -0.611. The predicted octanol–water partition coefficient (Wildman–Crippen LogP) is 3.66. The minimum atomic E-state index is -1.16. The number of benzene rings is 2. The van der Waals surface area contributed by atoms with Crippen molar-refractivity contribution >= 4 is 24.0 Å². The Kier molecular flexibility index (Phi) is 6.12. The third-order valence-corrected chi connectivity index (χ3v) is 4.89. The Morgan fingerprint density at radius 2 is 1.88 bits per heavy atom. The first-order valence-electron chi connectivity index (χ1n) is 9.96. The SMILES string of the molecule is COc1cc(C=C2NC(=O)N(Cc3ccccc3)C2=O)ccc1OCc1ccc(C(=O)O)o1. The molecule has 0 saturated carbocycles. The van der Waals surface area contributed by atoms with Gasteiger partial charge in [-0.15, -0.1) is 0 Å². The number of furan rings is 1. The summed E-state index contributed by atoms with van der Waals surface area (Å²) in [6, 6.07) is 16.6. The topological polar surface area (TPSA) is 118 Å². The monoisotopic (exact) mass is 448 g/mol. The zero-order chi connectivity index (χ0) is 23.4. The minimum absolute atomic E-state index is 0.00701. The molecule has 0 spiro atoms. The van der Waals surface area contributed by atoms with Gasteiger partial charge in [-0.1, -0.05) is 36.4 Å². The van der Waals surface area contributed by atoms with E-state index in [1.54, 1.807) is 24.3 Å². The second-order valence-corrected chi connectivity index (χ2v) is 7.14. The minimum Gasteiger partial charge on any atom is -0.493 e. The molecule has 33 heavy (non-hydrogen) atoms. The van der Waals surface area contributed by atoms with Gasteiger partial charge < -0.3 is 24.3 Å². The van der Waals surface area contributed by atoms with Gasteiger partial charge in [-0.2, -0.15) is 0 Å². The van der Waals surface area contributed by atoms with Crippen LogP contribution in [0.3, 0.4) is 0 Å². The fourth-order valence-corrected chi connectivity index (χ4v) is 3.26. The average molecular weight is 448 g/mol. The van der Waals surface area contributed by atoms with Gasteiger partial charge >= 0.3 is 12.0 Å². The van der Waals surface area contributed by atoms with Crippen LogP contribution in [0, 0.1) is 0 Å². The number of nitrogens with zero attached hydrogens (tertiary/aromatic N) is 1. The van der Waals surface area contributed by atoms with Crippen LogP contribution in [-0.2, 0) is 17.9 Å². The van der Waals surface area contributed by atoms with E-state index in [0.29, 0.717) is 22.8 Å². The van der Waals surface area contributed by atoms with Crippen molar-refractivity contribution < 1.29 is 33.4 Å². The zero-order valence-electron chi connectivity index (χ0n) is 17.6. The fraction of sp³-hybridized carbons (Fsp3) is 0.125. The number of methoxy groups -OCH3 is 1. The summed E-state index contributed by atoms with van der Waals surface area (Å²) in [5, 5.41) is 11.5. The summed E-state index contributed by atoms with van der Waals surface area (Å²) in [6.45, 7) is 0.183. The lowest BCUT2D eigenvalue weighted by atomic mass is 10.1. The number of rotatable bonds is 8. The molecule has 0 radical (unpaired) electrons. The number of ether oxygens (including phenoxy) is 2. The highest BCUT2D eigenvalue weighted by molar-refractivity contribution is 6.13. The van der Waals surface area contributed by atoms with Gasteiger partial charge in [0.15, 0.2) is 11.5 Å². The molecule has 9 nitrogen and oxygen atoms in total. The summed E-state index contributed by atoms with van der Waals surface area (Å²) in [7, 11) is 1.47. The van der Waals surface area contributed by atoms with Crippen LogP contribution in [0.15, 0.2) is 70.8 Å². The van der Waals surface area contributed by atoms with Crippen molar-refractivity contribution in [3.05, 3.63) is 89.0 Å². The van der Waals surface area contributed by atoms with Gasteiger partial charge in [0.05, 0.1) is 13.7 Å². The molecular formula is C24H20N2O7. The number of hydrogen-bond donors (Lipinski definition) is 2. The number of urea groups is 1. The van der Waals surface area contributed by atoms with Crippen LogP contribution in [0.5, 0.6) is 11.5 Å². The lowest BCUT2D eigenvalue weighted by molar-refractivity contribution is -0.123. The van der Waals surface area contributed by atoms with Gasteiger partial charge in [-0.25, -0.2) is 9.59 Å². The van der Waals surface area contributed by atoms with E-state index < -0.39 is 17.9 Å². The standard InChI is InChI=1S/C24H20N2O7/c1-31-21-12-16(7-9-19(21)32-14-17-8-10-20(33-17)23(28)29)11-18-22(27)26(24(30)25-18)13-15-5-3-2-4-6-15/h2-12H,13-14H2,1H3,(H,25,30)(H,28,29). The second kappa shape index (κ2) is 9.31. The molecule has 2 heterocycles. The van der Waals surface area contributed by atoms with E-state index in [1.807, 2.05) is 30.3 Å². The Balaban J connectivity index is 1.47. The van der Waals surface area contributed by atoms with Crippen molar-refractivity contribution in [2.24, 2.45) is 0 Å². The van der Waals surface area contributed by atoms with Crippen LogP contribution >= 0.6 is 0 Å². The number of hydrogen-bond acceptors (Lipinski definition) is 6. The van der Waals surface area contributed by atoms with E-state index in [0.717, 1.165) is 10.5 Å². The van der Waals surface area contributed by atoms with E-state index in [4.69, 9.17) is 19.0 Å². The Labute approximate surface area is 188 Å². The highest BCUT2D eigenvalue weighted by Crippen LogP contribution is 2.30. The fourth-order valence-electron chi connectivity index (χ4n) is 3.26. The molecule has 3 aromatic rings. The Bertz CT molecular complexity index is 1230. The van der Waals surface area contributed by atoms with Crippen molar-refractivity contribution in [1.29, 1.82) is 0 Å². The highest BCUT2D eigenvalue weighted by atomic mass is 16.5. The second-order valence-electron chi connectivity index (χ2n) is 7.14. The molecule has 0 atom stereocenters. The molecule has 1 aromatic heterocycles. The summed E-state index contributed by atoms with van der Waals surface area (Å²) in [4.78, 5) is 37.1. The van der Waals surface area contributed by atoms with E-state index in [9.17, 15) is 14.4 Å². The maximum atomic E-state index is 12.7. The van der Waals surface area contributed by atoms with Crippen molar-refractivity contribution in [3.8, 4) is 11.5 Å². The Morgan fingerprint density at radius 1 is 1.09 bits per heavy atom. The quantitative estimate of drug-likeness (QED) is 0.399. The van der Waals surface area contributed by atoms with Gasteiger partial charge in [0.2, 0.25) is 5.76 Å². The van der Waals surface area contributed by atoms with E-state index in [-0.39, 0.29) is 24.6 Å². The van der Waals surface area contributed by atoms with Gasteiger partial charge in [-0.05, 0) is 41.5 Å². The average Bonchev–Trinajstić information content (AvgIpc) is 3.39. The molecule has 0 unspecified atom stereocenters. The van der Waals surface area contributed by atoms with E-state index >= 15 is 0 Å². The first kappa shape index (κ1) is 21.7. The number of carboxylic acids is 1. The molecule has 4 rings (SSSR count). The van der Waals surface area contributed by atoms with Crippen LogP contribution in [0.2, 0.25) is 0 Å². The van der Waals surface area contributed by atoms with Crippen LogP contribution in [0.25, 0.3) is 6.08 Å². The number of carboxylic acid groups (broad SMARTS) is 1. The van der Waals surface area contributed by atoms with Crippen LogP contribution < -0.4 is 14.8 Å². The molecule has 2 N–H and O–H groups in total. The number of amides is 3. The zero-order valence-corrected chi connectivity index (χ0v) is 17.6. The van der Waals surface area contributed by atoms with Gasteiger partial charge in [-0.3, -0.25) is 9.69 Å². The smallest absolute Gasteiger partial charge is 0.371 e.